The summed E-state index contributed by atoms with van der Waals surface area (Å²) < 4.78 is 25.1. The first-order chi connectivity index (χ1) is 10.5. The highest BCUT2D eigenvalue weighted by Gasteiger charge is 2.24. The molecule has 1 unspecified atom stereocenters. The van der Waals surface area contributed by atoms with Crippen LogP contribution in [0.4, 0.5) is 9.18 Å². The normalized spacial score (nSPS) is 11.5. The largest absolute Gasteiger partial charge is 0.490 e. The van der Waals surface area contributed by atoms with Crippen LogP contribution in [0, 0.1) is 12.7 Å². The second kappa shape index (κ2) is 7.99. The first-order valence-electron chi connectivity index (χ1n) is 7.49. The fourth-order valence-electron chi connectivity index (χ4n) is 1.87. The van der Waals surface area contributed by atoms with Gasteiger partial charge in [0.05, 0.1) is 17.1 Å². The van der Waals surface area contributed by atoms with Gasteiger partial charge < -0.3 is 14.4 Å². The molecule has 0 aliphatic carbocycles. The van der Waals surface area contributed by atoms with E-state index >= 15 is 0 Å². The first-order valence-corrected chi connectivity index (χ1v) is 8.29. The number of benzene rings is 1. The average Bonchev–Trinajstić information content (AvgIpc) is 2.40. The van der Waals surface area contributed by atoms with Crippen molar-refractivity contribution in [2.45, 2.75) is 52.9 Å². The Bertz CT molecular complexity index is 556. The fraction of sp³-hybridized carbons (Fsp3) is 0.529. The van der Waals surface area contributed by atoms with Gasteiger partial charge in [0, 0.05) is 12.1 Å². The van der Waals surface area contributed by atoms with E-state index in [1.807, 2.05) is 6.92 Å². The number of hydrogen-bond acceptors (Lipinski definition) is 3. The van der Waals surface area contributed by atoms with Gasteiger partial charge >= 0.3 is 6.09 Å². The molecule has 0 aliphatic rings. The Morgan fingerprint density at radius 3 is 2.52 bits per heavy atom. The van der Waals surface area contributed by atoms with E-state index in [-0.39, 0.29) is 17.1 Å². The summed E-state index contributed by atoms with van der Waals surface area (Å²) >= 11 is 3.24. The molecule has 4 nitrogen and oxygen atoms in total. The molecular weight excluding hydrogens is 365 g/mol. The van der Waals surface area contributed by atoms with Crippen molar-refractivity contribution in [3.8, 4) is 5.75 Å². The van der Waals surface area contributed by atoms with E-state index < -0.39 is 17.5 Å². The van der Waals surface area contributed by atoms with Crippen LogP contribution in [0.5, 0.6) is 5.75 Å². The van der Waals surface area contributed by atoms with Crippen molar-refractivity contribution in [3.63, 3.8) is 0 Å². The van der Waals surface area contributed by atoms with Crippen LogP contribution in [-0.2, 0) is 11.3 Å². The summed E-state index contributed by atoms with van der Waals surface area (Å²) in [7, 11) is 0. The fourth-order valence-corrected chi connectivity index (χ4v) is 2.33. The summed E-state index contributed by atoms with van der Waals surface area (Å²) in [6.45, 7) is 13.4. The molecule has 1 amide bonds. The summed E-state index contributed by atoms with van der Waals surface area (Å²) in [6.07, 6.45) is -0.757. The van der Waals surface area contributed by atoms with Crippen LogP contribution in [0.2, 0.25) is 0 Å². The van der Waals surface area contributed by atoms with Gasteiger partial charge in [0.2, 0.25) is 0 Å². The van der Waals surface area contributed by atoms with Crippen LogP contribution in [-0.4, -0.2) is 29.2 Å². The lowest BCUT2D eigenvalue weighted by molar-refractivity contribution is 0.0242. The van der Waals surface area contributed by atoms with E-state index in [0.29, 0.717) is 17.9 Å². The predicted octanol–water partition coefficient (Wildman–Crippen LogP) is 4.95. The highest BCUT2D eigenvalue weighted by molar-refractivity contribution is 9.10. The molecule has 0 aliphatic heterocycles. The van der Waals surface area contributed by atoms with Crippen molar-refractivity contribution < 1.29 is 18.7 Å². The van der Waals surface area contributed by atoms with Crippen LogP contribution in [0.1, 0.15) is 40.2 Å². The first kappa shape index (κ1) is 19.7. The maximum absolute atomic E-state index is 13.9. The lowest BCUT2D eigenvalue weighted by Gasteiger charge is -2.27. The molecule has 1 radical (unpaired) electrons. The number of ether oxygens (including phenoxy) is 2. The Kier molecular flexibility index (Phi) is 6.86. The molecule has 1 aromatic rings. The van der Waals surface area contributed by atoms with Crippen LogP contribution >= 0.6 is 15.9 Å². The minimum atomic E-state index is -0.592. The van der Waals surface area contributed by atoms with Crippen LogP contribution in [0.3, 0.4) is 0 Å². The van der Waals surface area contributed by atoms with Gasteiger partial charge in [0.25, 0.3) is 0 Å². The molecule has 129 valence electrons. The van der Waals surface area contributed by atoms with E-state index in [0.717, 1.165) is 0 Å². The molecule has 0 bridgehead atoms. The predicted molar refractivity (Wildman–Crippen MR) is 91.9 cm³/mol. The Morgan fingerprint density at radius 1 is 1.43 bits per heavy atom. The SMILES string of the molecule is [CH2]C(C)Oc1ccc(F)c(Br)c1CN(CC)C(=O)OC(C)(C)C. The quantitative estimate of drug-likeness (QED) is 0.716. The summed E-state index contributed by atoms with van der Waals surface area (Å²) in [6, 6.07) is 2.86. The third-order valence-corrected chi connectivity index (χ3v) is 3.72. The third-order valence-electron chi connectivity index (χ3n) is 2.86. The van der Waals surface area contributed by atoms with Gasteiger partial charge in [-0.05, 0) is 69.6 Å². The van der Waals surface area contributed by atoms with E-state index in [2.05, 4.69) is 22.9 Å². The number of rotatable bonds is 5. The Balaban J connectivity index is 3.09. The number of carbonyl (C=O) groups is 1. The van der Waals surface area contributed by atoms with E-state index in [9.17, 15) is 9.18 Å². The number of hydrogen-bond donors (Lipinski definition) is 0. The molecule has 0 saturated heterocycles. The Hall–Kier alpha value is -1.30. The van der Waals surface area contributed by atoms with E-state index in [1.165, 1.54) is 11.0 Å². The molecule has 1 atom stereocenters. The van der Waals surface area contributed by atoms with Gasteiger partial charge in [0.1, 0.15) is 17.2 Å². The Morgan fingerprint density at radius 2 is 2.04 bits per heavy atom. The minimum absolute atomic E-state index is 0.172. The summed E-state index contributed by atoms with van der Waals surface area (Å²) in [4.78, 5) is 13.8. The van der Waals surface area contributed by atoms with Crippen LogP contribution in [0.25, 0.3) is 0 Å². The van der Waals surface area contributed by atoms with Gasteiger partial charge in [-0.3, -0.25) is 0 Å². The molecule has 0 fully saturated rings. The topological polar surface area (TPSA) is 38.8 Å². The summed E-state index contributed by atoms with van der Waals surface area (Å²) in [5.74, 6) is 0.0760. The molecular formula is C17H24BrFNO3. The summed E-state index contributed by atoms with van der Waals surface area (Å²) in [5, 5.41) is 0. The van der Waals surface area contributed by atoms with Gasteiger partial charge in [-0.25, -0.2) is 9.18 Å². The minimum Gasteiger partial charge on any atom is -0.490 e. The lowest BCUT2D eigenvalue weighted by atomic mass is 10.1. The van der Waals surface area contributed by atoms with E-state index in [1.54, 1.807) is 33.8 Å². The van der Waals surface area contributed by atoms with E-state index in [4.69, 9.17) is 9.47 Å². The van der Waals surface area contributed by atoms with Crippen LogP contribution in [0.15, 0.2) is 16.6 Å². The van der Waals surface area contributed by atoms with Crippen molar-refractivity contribution >= 4 is 22.0 Å². The van der Waals surface area contributed by atoms with Gasteiger partial charge in [0.15, 0.2) is 0 Å². The van der Waals surface area contributed by atoms with Gasteiger partial charge in [-0.15, -0.1) is 0 Å². The van der Waals surface area contributed by atoms with Crippen LogP contribution < -0.4 is 4.74 Å². The molecule has 0 N–H and O–H groups in total. The van der Waals surface area contributed by atoms with Crippen molar-refractivity contribution in [2.24, 2.45) is 0 Å². The van der Waals surface area contributed by atoms with Crippen molar-refractivity contribution in [1.29, 1.82) is 0 Å². The Labute approximate surface area is 146 Å². The number of nitrogens with zero attached hydrogens (tertiary/aromatic N) is 1. The lowest BCUT2D eigenvalue weighted by Crippen LogP contribution is -2.36. The average molecular weight is 389 g/mol. The molecule has 1 rings (SSSR count). The zero-order valence-electron chi connectivity index (χ0n) is 14.3. The zero-order valence-corrected chi connectivity index (χ0v) is 15.9. The highest BCUT2D eigenvalue weighted by atomic mass is 79.9. The molecule has 0 heterocycles. The molecule has 0 spiro atoms. The van der Waals surface area contributed by atoms with Gasteiger partial charge in [-0.1, -0.05) is 0 Å². The summed E-state index contributed by atoms with van der Waals surface area (Å²) in [5.41, 5.74) is -0.0431. The molecule has 0 saturated carbocycles. The van der Waals surface area contributed by atoms with Crippen molar-refractivity contribution in [2.75, 3.05) is 6.54 Å². The number of halogens is 2. The maximum atomic E-state index is 13.9. The van der Waals surface area contributed by atoms with Gasteiger partial charge in [-0.2, -0.15) is 0 Å². The molecule has 1 aromatic carbocycles. The second-order valence-corrected chi connectivity index (χ2v) is 7.05. The standard InChI is InChI=1S/C17H24BrFNO3/c1-7-20(16(21)23-17(4,5)6)10-12-14(22-11(2)3)9-8-13(19)15(12)18/h8-9,11H,2,7,10H2,1,3-6H3. The molecule has 23 heavy (non-hydrogen) atoms. The zero-order chi connectivity index (χ0) is 17.8. The highest BCUT2D eigenvalue weighted by Crippen LogP contribution is 2.31. The maximum Gasteiger partial charge on any atom is 0.410 e. The third kappa shape index (κ3) is 6.01. The number of amides is 1. The monoisotopic (exact) mass is 388 g/mol. The second-order valence-electron chi connectivity index (χ2n) is 6.26. The molecule has 6 heteroatoms. The smallest absolute Gasteiger partial charge is 0.410 e. The molecule has 0 aromatic heterocycles. The number of carbonyl (C=O) groups excluding carboxylic acids is 1. The van der Waals surface area contributed by atoms with Crippen molar-refractivity contribution in [3.05, 3.63) is 34.9 Å². The van der Waals surface area contributed by atoms with Crippen molar-refractivity contribution in [1.82, 2.24) is 4.90 Å².